The second-order valence-electron chi connectivity index (χ2n) is 4.21. The molecule has 2 N–H and O–H groups in total. The molecule has 0 atom stereocenters. The molecule has 0 aliphatic rings. The fraction of sp³-hybridized carbons (Fsp3) is 0. The van der Waals surface area contributed by atoms with Gasteiger partial charge in [0.2, 0.25) is 0 Å². The largest absolute Gasteiger partial charge is 0.451 e. The van der Waals surface area contributed by atoms with E-state index >= 15 is 0 Å². The number of nitrogens with zero attached hydrogens (tertiary/aromatic N) is 1. The van der Waals surface area contributed by atoms with Crippen molar-refractivity contribution in [1.82, 2.24) is 4.98 Å². The van der Waals surface area contributed by atoms with Crippen molar-refractivity contribution in [3.8, 4) is 11.5 Å². The third-order valence-electron chi connectivity index (χ3n) is 2.89. The van der Waals surface area contributed by atoms with Crippen LogP contribution in [-0.2, 0) is 0 Å². The van der Waals surface area contributed by atoms with E-state index in [0.717, 1.165) is 5.39 Å². The Morgan fingerprint density at radius 2 is 1.80 bits per heavy atom. The van der Waals surface area contributed by atoms with E-state index in [0.29, 0.717) is 32.7 Å². The Labute approximate surface area is 125 Å². The molecule has 0 amide bonds. The number of rotatable bonds is 2. The van der Waals surface area contributed by atoms with Gasteiger partial charge in [-0.05, 0) is 36.4 Å². The predicted molar refractivity (Wildman–Crippen MR) is 82.7 cm³/mol. The summed E-state index contributed by atoms with van der Waals surface area (Å²) in [5, 5.41) is 1.88. The lowest BCUT2D eigenvalue weighted by Gasteiger charge is -2.12. The van der Waals surface area contributed by atoms with Crippen molar-refractivity contribution in [1.29, 1.82) is 0 Å². The number of nitrogen functional groups attached to an aromatic ring is 1. The van der Waals surface area contributed by atoms with Gasteiger partial charge in [0.05, 0.1) is 15.7 Å². The number of nitrogens with two attached hydrogens (primary N) is 1. The molecular weight excluding hydrogens is 295 g/mol. The Morgan fingerprint density at radius 1 is 0.950 bits per heavy atom. The predicted octanol–water partition coefficient (Wildman–Crippen LogP) is 4.92. The van der Waals surface area contributed by atoms with Gasteiger partial charge in [-0.2, -0.15) is 0 Å². The van der Waals surface area contributed by atoms with Crippen LogP contribution < -0.4 is 10.5 Å². The van der Waals surface area contributed by atoms with Gasteiger partial charge >= 0.3 is 0 Å². The lowest BCUT2D eigenvalue weighted by atomic mass is 10.2. The van der Waals surface area contributed by atoms with Crippen molar-refractivity contribution in [3.63, 3.8) is 0 Å². The van der Waals surface area contributed by atoms with Gasteiger partial charge in [-0.15, -0.1) is 0 Å². The van der Waals surface area contributed by atoms with Crippen molar-refractivity contribution in [3.05, 3.63) is 58.7 Å². The summed E-state index contributed by atoms with van der Waals surface area (Å²) in [6.45, 7) is 0. The normalized spacial score (nSPS) is 10.7. The zero-order valence-electron chi connectivity index (χ0n) is 10.3. The second kappa shape index (κ2) is 5.19. The van der Waals surface area contributed by atoms with Crippen LogP contribution in [0.25, 0.3) is 10.9 Å². The minimum Gasteiger partial charge on any atom is -0.451 e. The van der Waals surface area contributed by atoms with E-state index in [4.69, 9.17) is 33.7 Å². The summed E-state index contributed by atoms with van der Waals surface area (Å²) in [5.74, 6) is 0.980. The fourth-order valence-corrected chi connectivity index (χ4v) is 2.37. The third-order valence-corrected chi connectivity index (χ3v) is 3.52. The molecule has 5 heteroatoms. The van der Waals surface area contributed by atoms with Crippen molar-refractivity contribution in [2.75, 3.05) is 5.73 Å². The van der Waals surface area contributed by atoms with E-state index in [9.17, 15) is 0 Å². The molecule has 0 aliphatic carbocycles. The summed E-state index contributed by atoms with van der Waals surface area (Å²) in [5.41, 5.74) is 7.02. The molecule has 1 aromatic heterocycles. The Bertz CT molecular complexity index is 770. The Morgan fingerprint density at radius 3 is 2.60 bits per heavy atom. The summed E-state index contributed by atoms with van der Waals surface area (Å²) in [4.78, 5) is 4.30. The molecule has 0 aliphatic heterocycles. The molecule has 3 nitrogen and oxygen atoms in total. The van der Waals surface area contributed by atoms with Gasteiger partial charge in [0.25, 0.3) is 0 Å². The zero-order chi connectivity index (χ0) is 14.1. The molecule has 0 fully saturated rings. The van der Waals surface area contributed by atoms with Crippen LogP contribution in [0.5, 0.6) is 11.5 Å². The molecule has 0 unspecified atom stereocenters. The molecule has 0 saturated heterocycles. The first-order chi connectivity index (χ1) is 9.66. The van der Waals surface area contributed by atoms with E-state index in [1.54, 1.807) is 36.5 Å². The monoisotopic (exact) mass is 304 g/mol. The Kier molecular flexibility index (Phi) is 3.38. The van der Waals surface area contributed by atoms with Crippen LogP contribution in [0.2, 0.25) is 10.0 Å². The van der Waals surface area contributed by atoms with E-state index in [1.807, 2.05) is 12.1 Å². The zero-order valence-corrected chi connectivity index (χ0v) is 11.8. The van der Waals surface area contributed by atoms with Gasteiger partial charge in [-0.1, -0.05) is 29.3 Å². The van der Waals surface area contributed by atoms with Gasteiger partial charge in [-0.3, -0.25) is 4.98 Å². The van der Waals surface area contributed by atoms with Gasteiger partial charge in [-0.25, -0.2) is 0 Å². The van der Waals surface area contributed by atoms with Crippen LogP contribution in [0.3, 0.4) is 0 Å². The topological polar surface area (TPSA) is 48.1 Å². The number of pyridine rings is 1. The number of fused-ring (bicyclic) bond motifs is 1. The van der Waals surface area contributed by atoms with Gasteiger partial charge in [0.15, 0.2) is 11.5 Å². The van der Waals surface area contributed by atoms with Crippen molar-refractivity contribution >= 4 is 39.8 Å². The number of hydrogen-bond donors (Lipinski definition) is 1. The number of ether oxygens (including phenoxy) is 1. The summed E-state index contributed by atoms with van der Waals surface area (Å²) in [6, 6.07) is 12.4. The number of hydrogen-bond acceptors (Lipinski definition) is 3. The van der Waals surface area contributed by atoms with Gasteiger partial charge in [0, 0.05) is 11.6 Å². The van der Waals surface area contributed by atoms with E-state index < -0.39 is 0 Å². The molecule has 3 aromatic rings. The van der Waals surface area contributed by atoms with Crippen molar-refractivity contribution < 1.29 is 4.74 Å². The number of anilines is 1. The quantitative estimate of drug-likeness (QED) is 0.684. The lowest BCUT2D eigenvalue weighted by Crippen LogP contribution is -1.94. The van der Waals surface area contributed by atoms with E-state index in [-0.39, 0.29) is 0 Å². The van der Waals surface area contributed by atoms with Crippen LogP contribution >= 0.6 is 23.2 Å². The number of para-hydroxylation sites is 1. The van der Waals surface area contributed by atoms with Crippen LogP contribution in [-0.4, -0.2) is 4.98 Å². The van der Waals surface area contributed by atoms with Crippen LogP contribution in [0.15, 0.2) is 48.7 Å². The van der Waals surface area contributed by atoms with Crippen LogP contribution in [0, 0.1) is 0 Å². The maximum Gasteiger partial charge on any atom is 0.168 e. The highest BCUT2D eigenvalue weighted by Gasteiger charge is 2.11. The average molecular weight is 305 g/mol. The number of aromatic nitrogens is 1. The first-order valence-electron chi connectivity index (χ1n) is 5.92. The second-order valence-corrected chi connectivity index (χ2v) is 5.02. The summed E-state index contributed by atoms with van der Waals surface area (Å²) >= 11 is 12.3. The van der Waals surface area contributed by atoms with Crippen LogP contribution in [0.4, 0.5) is 5.69 Å². The Hall–Kier alpha value is -1.97. The first-order valence-corrected chi connectivity index (χ1v) is 6.67. The molecule has 0 saturated carbocycles. The SMILES string of the molecule is Nc1cccc(Cl)c1Oc1ccc(Cl)c2cccnc12. The summed E-state index contributed by atoms with van der Waals surface area (Å²) < 4.78 is 5.83. The van der Waals surface area contributed by atoms with Gasteiger partial charge < -0.3 is 10.5 Å². The molecular formula is C15H10Cl2N2O. The molecule has 100 valence electrons. The highest BCUT2D eigenvalue weighted by Crippen LogP contribution is 2.38. The van der Waals surface area contributed by atoms with E-state index in [1.165, 1.54) is 0 Å². The number of halogens is 2. The fourth-order valence-electron chi connectivity index (χ4n) is 1.94. The van der Waals surface area contributed by atoms with Crippen molar-refractivity contribution in [2.24, 2.45) is 0 Å². The maximum atomic E-state index is 6.15. The minimum atomic E-state index is 0.420. The molecule has 2 aromatic carbocycles. The van der Waals surface area contributed by atoms with Crippen molar-refractivity contribution in [2.45, 2.75) is 0 Å². The minimum absolute atomic E-state index is 0.420. The standard InChI is InChI=1S/C15H10Cl2N2O/c16-10-6-7-13(14-9(10)3-2-8-19-14)20-15-11(17)4-1-5-12(15)18/h1-8H,18H2. The van der Waals surface area contributed by atoms with E-state index in [2.05, 4.69) is 4.98 Å². The molecule has 20 heavy (non-hydrogen) atoms. The summed E-state index contributed by atoms with van der Waals surface area (Å²) in [6.07, 6.45) is 1.68. The average Bonchev–Trinajstić information content (AvgIpc) is 2.46. The maximum absolute atomic E-state index is 6.15. The molecule has 0 bridgehead atoms. The van der Waals surface area contributed by atoms with Gasteiger partial charge in [0.1, 0.15) is 5.52 Å². The highest BCUT2D eigenvalue weighted by atomic mass is 35.5. The first kappa shape index (κ1) is 13.0. The molecule has 0 spiro atoms. The molecule has 1 heterocycles. The summed E-state index contributed by atoms with van der Waals surface area (Å²) in [7, 11) is 0. The van der Waals surface area contributed by atoms with Crippen LogP contribution in [0.1, 0.15) is 0 Å². The smallest absolute Gasteiger partial charge is 0.168 e. The molecule has 3 rings (SSSR count). The molecule has 0 radical (unpaired) electrons. The lowest BCUT2D eigenvalue weighted by molar-refractivity contribution is 0.490. The number of benzene rings is 2. The third kappa shape index (κ3) is 2.26. The Balaban J connectivity index is 2.14. The highest BCUT2D eigenvalue weighted by molar-refractivity contribution is 6.35.